The van der Waals surface area contributed by atoms with Crippen LogP contribution < -0.4 is 5.32 Å². The minimum absolute atomic E-state index is 0.462. The first kappa shape index (κ1) is 9.01. The van der Waals surface area contributed by atoms with E-state index in [1.54, 1.807) is 7.11 Å². The topological polar surface area (TPSA) is 21.3 Å². The van der Waals surface area contributed by atoms with Gasteiger partial charge in [0.2, 0.25) is 0 Å². The number of nitrogens with one attached hydrogen (secondary N) is 1. The van der Waals surface area contributed by atoms with Crippen LogP contribution in [-0.2, 0) is 4.74 Å². The smallest absolute Gasteiger partial charge is 0.0530 e. The molecule has 1 saturated carbocycles. The molecule has 11 heavy (non-hydrogen) atoms. The molecule has 1 aliphatic rings. The van der Waals surface area contributed by atoms with Gasteiger partial charge in [0.1, 0.15) is 0 Å². The number of hydrogen-bond acceptors (Lipinski definition) is 2. The summed E-state index contributed by atoms with van der Waals surface area (Å²) in [7, 11) is 3.82. The molecule has 1 N–H and O–H groups in total. The molecule has 0 amide bonds. The summed E-state index contributed by atoms with van der Waals surface area (Å²) >= 11 is 0. The van der Waals surface area contributed by atoms with Gasteiger partial charge in [0.15, 0.2) is 0 Å². The minimum Gasteiger partial charge on any atom is -0.384 e. The van der Waals surface area contributed by atoms with Crippen molar-refractivity contribution < 1.29 is 4.74 Å². The van der Waals surface area contributed by atoms with Crippen LogP contribution in [0, 0.1) is 5.41 Å². The van der Waals surface area contributed by atoms with Crippen molar-refractivity contribution in [1.82, 2.24) is 5.32 Å². The van der Waals surface area contributed by atoms with E-state index < -0.39 is 0 Å². The second-order valence-corrected chi connectivity index (χ2v) is 3.67. The van der Waals surface area contributed by atoms with Gasteiger partial charge in [0.25, 0.3) is 0 Å². The van der Waals surface area contributed by atoms with E-state index in [0.717, 1.165) is 13.2 Å². The first-order chi connectivity index (χ1) is 5.33. The van der Waals surface area contributed by atoms with E-state index in [1.165, 1.54) is 25.7 Å². The minimum atomic E-state index is 0.462. The molecule has 1 fully saturated rings. The molecule has 0 atom stereocenters. The molecule has 0 spiro atoms. The SMILES string of the molecule is CNCC1(COC)CCCC1. The number of ether oxygens (including phenoxy) is 1. The zero-order valence-corrected chi connectivity index (χ0v) is 7.65. The van der Waals surface area contributed by atoms with Crippen molar-refractivity contribution in [3.63, 3.8) is 0 Å². The van der Waals surface area contributed by atoms with Crippen LogP contribution in [0.25, 0.3) is 0 Å². The Labute approximate surface area is 69.3 Å². The lowest BCUT2D eigenvalue weighted by Gasteiger charge is -2.27. The maximum atomic E-state index is 5.24. The first-order valence-electron chi connectivity index (χ1n) is 4.46. The standard InChI is InChI=1S/C9H19NO/c1-10-7-9(8-11-2)5-3-4-6-9/h10H,3-8H2,1-2H3. The van der Waals surface area contributed by atoms with Gasteiger partial charge in [0, 0.05) is 19.1 Å². The van der Waals surface area contributed by atoms with Crippen LogP contribution >= 0.6 is 0 Å². The second kappa shape index (κ2) is 4.07. The molecule has 0 unspecified atom stereocenters. The molecule has 66 valence electrons. The van der Waals surface area contributed by atoms with Crippen molar-refractivity contribution in [3.05, 3.63) is 0 Å². The fourth-order valence-electron chi connectivity index (χ4n) is 2.18. The Morgan fingerprint density at radius 2 is 2.00 bits per heavy atom. The summed E-state index contributed by atoms with van der Waals surface area (Å²) in [5.41, 5.74) is 0.462. The lowest BCUT2D eigenvalue weighted by atomic mass is 9.87. The molecule has 1 rings (SSSR count). The summed E-state index contributed by atoms with van der Waals surface area (Å²) in [6, 6.07) is 0. The zero-order valence-electron chi connectivity index (χ0n) is 7.65. The Hall–Kier alpha value is -0.0800. The predicted octanol–water partition coefficient (Wildman–Crippen LogP) is 1.41. The third kappa shape index (κ3) is 2.17. The lowest BCUT2D eigenvalue weighted by Crippen LogP contribution is -2.33. The van der Waals surface area contributed by atoms with Crippen molar-refractivity contribution in [1.29, 1.82) is 0 Å². The van der Waals surface area contributed by atoms with E-state index in [-0.39, 0.29) is 0 Å². The van der Waals surface area contributed by atoms with Gasteiger partial charge in [-0.05, 0) is 19.9 Å². The molecule has 0 aromatic carbocycles. The Balaban J connectivity index is 2.40. The maximum absolute atomic E-state index is 5.24. The monoisotopic (exact) mass is 157 g/mol. The largest absolute Gasteiger partial charge is 0.384 e. The molecule has 2 heteroatoms. The van der Waals surface area contributed by atoms with Gasteiger partial charge in [0.05, 0.1) is 6.61 Å². The van der Waals surface area contributed by atoms with Gasteiger partial charge in [-0.25, -0.2) is 0 Å². The van der Waals surface area contributed by atoms with Crippen LogP contribution in [0.5, 0.6) is 0 Å². The highest BCUT2D eigenvalue weighted by atomic mass is 16.5. The van der Waals surface area contributed by atoms with E-state index in [2.05, 4.69) is 5.32 Å². The predicted molar refractivity (Wildman–Crippen MR) is 46.7 cm³/mol. The van der Waals surface area contributed by atoms with Gasteiger partial charge in [-0.15, -0.1) is 0 Å². The van der Waals surface area contributed by atoms with Crippen LogP contribution in [0.1, 0.15) is 25.7 Å². The highest BCUT2D eigenvalue weighted by Gasteiger charge is 2.32. The molecule has 0 heterocycles. The van der Waals surface area contributed by atoms with Crippen molar-refractivity contribution in [2.45, 2.75) is 25.7 Å². The second-order valence-electron chi connectivity index (χ2n) is 3.67. The third-order valence-corrected chi connectivity index (χ3v) is 2.67. The molecule has 0 saturated heterocycles. The number of rotatable bonds is 4. The maximum Gasteiger partial charge on any atom is 0.0530 e. The molecular formula is C9H19NO. The number of hydrogen-bond donors (Lipinski definition) is 1. The zero-order chi connectivity index (χ0) is 8.16. The van der Waals surface area contributed by atoms with Crippen molar-refractivity contribution in [2.24, 2.45) is 5.41 Å². The Morgan fingerprint density at radius 3 is 2.45 bits per heavy atom. The summed E-state index contributed by atoms with van der Waals surface area (Å²) in [6.45, 7) is 2.04. The molecule has 1 aliphatic carbocycles. The van der Waals surface area contributed by atoms with E-state index >= 15 is 0 Å². The van der Waals surface area contributed by atoms with Gasteiger partial charge >= 0.3 is 0 Å². The fourth-order valence-corrected chi connectivity index (χ4v) is 2.18. The highest BCUT2D eigenvalue weighted by molar-refractivity contribution is 4.85. The van der Waals surface area contributed by atoms with Crippen LogP contribution in [0.2, 0.25) is 0 Å². The molecule has 0 aromatic heterocycles. The fraction of sp³-hybridized carbons (Fsp3) is 1.00. The quantitative estimate of drug-likeness (QED) is 0.666. The summed E-state index contributed by atoms with van der Waals surface area (Å²) in [6.07, 6.45) is 5.43. The van der Waals surface area contributed by atoms with E-state index in [1.807, 2.05) is 7.05 Å². The molecule has 2 nitrogen and oxygen atoms in total. The molecule has 0 aliphatic heterocycles. The third-order valence-electron chi connectivity index (χ3n) is 2.67. The number of methoxy groups -OCH3 is 1. The van der Waals surface area contributed by atoms with Crippen LogP contribution in [0.3, 0.4) is 0 Å². The van der Waals surface area contributed by atoms with Gasteiger partial charge < -0.3 is 10.1 Å². The van der Waals surface area contributed by atoms with Crippen LogP contribution in [0.4, 0.5) is 0 Å². The molecule has 0 aromatic rings. The Morgan fingerprint density at radius 1 is 1.36 bits per heavy atom. The van der Waals surface area contributed by atoms with Crippen molar-refractivity contribution in [2.75, 3.05) is 27.3 Å². The molecule has 0 radical (unpaired) electrons. The van der Waals surface area contributed by atoms with Crippen LogP contribution in [-0.4, -0.2) is 27.3 Å². The van der Waals surface area contributed by atoms with Gasteiger partial charge in [-0.3, -0.25) is 0 Å². The van der Waals surface area contributed by atoms with Crippen molar-refractivity contribution >= 4 is 0 Å². The summed E-state index contributed by atoms with van der Waals surface area (Å²) < 4.78 is 5.24. The summed E-state index contributed by atoms with van der Waals surface area (Å²) in [5.74, 6) is 0. The lowest BCUT2D eigenvalue weighted by molar-refractivity contribution is 0.0842. The van der Waals surface area contributed by atoms with E-state index in [9.17, 15) is 0 Å². The normalized spacial score (nSPS) is 22.4. The van der Waals surface area contributed by atoms with E-state index in [0.29, 0.717) is 5.41 Å². The summed E-state index contributed by atoms with van der Waals surface area (Å²) in [5, 5.41) is 3.26. The van der Waals surface area contributed by atoms with Gasteiger partial charge in [-0.1, -0.05) is 12.8 Å². The Bertz CT molecular complexity index is 100. The molecule has 0 bridgehead atoms. The van der Waals surface area contributed by atoms with Gasteiger partial charge in [-0.2, -0.15) is 0 Å². The summed E-state index contributed by atoms with van der Waals surface area (Å²) in [4.78, 5) is 0. The van der Waals surface area contributed by atoms with Crippen molar-refractivity contribution in [3.8, 4) is 0 Å². The highest BCUT2D eigenvalue weighted by Crippen LogP contribution is 2.37. The first-order valence-corrected chi connectivity index (χ1v) is 4.46. The molecular weight excluding hydrogens is 138 g/mol. The average molecular weight is 157 g/mol. The average Bonchev–Trinajstić information content (AvgIpc) is 2.39. The Kier molecular flexibility index (Phi) is 3.34. The van der Waals surface area contributed by atoms with E-state index in [4.69, 9.17) is 4.74 Å². The van der Waals surface area contributed by atoms with Crippen LogP contribution in [0.15, 0.2) is 0 Å².